The molecule has 0 aliphatic heterocycles. The van der Waals surface area contributed by atoms with E-state index in [1.807, 2.05) is 13.0 Å². The predicted octanol–water partition coefficient (Wildman–Crippen LogP) is 0.558. The lowest BCUT2D eigenvalue weighted by Crippen LogP contribution is -1.67. The SMILES string of the molecule is CC=CC#CCO. The molecule has 0 aromatic carbocycles. The average Bonchev–Trinajstić information content (AvgIpc) is 1.69. The van der Waals surface area contributed by atoms with Gasteiger partial charge in [0.15, 0.2) is 0 Å². The second-order valence-electron chi connectivity index (χ2n) is 0.979. The van der Waals surface area contributed by atoms with Crippen molar-refractivity contribution in [3.8, 4) is 11.8 Å². The van der Waals surface area contributed by atoms with E-state index in [0.29, 0.717) is 0 Å². The summed E-state index contributed by atoms with van der Waals surface area (Å²) in [7, 11) is 0. The van der Waals surface area contributed by atoms with Crippen molar-refractivity contribution in [1.29, 1.82) is 0 Å². The van der Waals surface area contributed by atoms with Gasteiger partial charge in [-0.15, -0.1) is 0 Å². The Labute approximate surface area is 43.7 Å². The van der Waals surface area contributed by atoms with Crippen LogP contribution in [0.25, 0.3) is 0 Å². The molecule has 0 aromatic heterocycles. The van der Waals surface area contributed by atoms with E-state index in [1.165, 1.54) is 0 Å². The monoisotopic (exact) mass is 96.1 g/mol. The van der Waals surface area contributed by atoms with E-state index in [9.17, 15) is 0 Å². The summed E-state index contributed by atoms with van der Waals surface area (Å²) in [4.78, 5) is 0. The fourth-order valence-corrected chi connectivity index (χ4v) is 0.188. The van der Waals surface area contributed by atoms with Crippen LogP contribution in [0.3, 0.4) is 0 Å². The maximum absolute atomic E-state index is 8.09. The average molecular weight is 96.1 g/mol. The molecule has 0 amide bonds. The van der Waals surface area contributed by atoms with Gasteiger partial charge in [-0.1, -0.05) is 17.9 Å². The molecule has 0 bridgehead atoms. The maximum Gasteiger partial charge on any atom is 0.104 e. The molecule has 0 saturated heterocycles. The van der Waals surface area contributed by atoms with Gasteiger partial charge in [0.05, 0.1) is 0 Å². The van der Waals surface area contributed by atoms with Crippen molar-refractivity contribution in [3.05, 3.63) is 12.2 Å². The fraction of sp³-hybridized carbons (Fsp3) is 0.333. The molecule has 0 rings (SSSR count). The van der Waals surface area contributed by atoms with E-state index in [-0.39, 0.29) is 6.61 Å². The summed E-state index contributed by atoms with van der Waals surface area (Å²) < 4.78 is 0. The summed E-state index contributed by atoms with van der Waals surface area (Å²) >= 11 is 0. The van der Waals surface area contributed by atoms with Gasteiger partial charge in [-0.25, -0.2) is 0 Å². The molecular weight excluding hydrogens is 88.1 g/mol. The Hall–Kier alpha value is -0.740. The second-order valence-corrected chi connectivity index (χ2v) is 0.979. The highest BCUT2D eigenvalue weighted by atomic mass is 16.2. The maximum atomic E-state index is 8.09. The minimum atomic E-state index is -0.0513. The molecule has 38 valence electrons. The number of allylic oxidation sites excluding steroid dienone is 2. The van der Waals surface area contributed by atoms with Crippen molar-refractivity contribution in [1.82, 2.24) is 0 Å². The Morgan fingerprint density at radius 2 is 2.43 bits per heavy atom. The molecule has 0 unspecified atom stereocenters. The van der Waals surface area contributed by atoms with Crippen molar-refractivity contribution in [2.75, 3.05) is 6.61 Å². The first-order valence-electron chi connectivity index (χ1n) is 2.12. The quantitative estimate of drug-likeness (QED) is 0.437. The van der Waals surface area contributed by atoms with Crippen LogP contribution in [0, 0.1) is 11.8 Å². The van der Waals surface area contributed by atoms with Crippen LogP contribution in [-0.4, -0.2) is 11.7 Å². The Kier molecular flexibility index (Phi) is 4.70. The molecular formula is C6H8O. The van der Waals surface area contributed by atoms with Crippen molar-refractivity contribution in [2.24, 2.45) is 0 Å². The van der Waals surface area contributed by atoms with Crippen molar-refractivity contribution in [3.63, 3.8) is 0 Å². The normalized spacial score (nSPS) is 8.29. The molecule has 0 heterocycles. The number of hydrogen-bond donors (Lipinski definition) is 1. The lowest BCUT2D eigenvalue weighted by Gasteiger charge is -1.64. The van der Waals surface area contributed by atoms with E-state index in [4.69, 9.17) is 5.11 Å². The van der Waals surface area contributed by atoms with Gasteiger partial charge in [0, 0.05) is 0 Å². The second kappa shape index (κ2) is 5.26. The highest BCUT2D eigenvalue weighted by Crippen LogP contribution is 1.62. The minimum absolute atomic E-state index is 0.0513. The molecule has 0 aliphatic rings. The van der Waals surface area contributed by atoms with E-state index in [2.05, 4.69) is 11.8 Å². The summed E-state index contributed by atoms with van der Waals surface area (Å²) in [5.41, 5.74) is 0. The third-order valence-electron chi connectivity index (χ3n) is 0.431. The van der Waals surface area contributed by atoms with Crippen LogP contribution < -0.4 is 0 Å². The van der Waals surface area contributed by atoms with Crippen LogP contribution in [0.15, 0.2) is 12.2 Å². The van der Waals surface area contributed by atoms with Crippen molar-refractivity contribution >= 4 is 0 Å². The van der Waals surface area contributed by atoms with Gasteiger partial charge in [-0.05, 0) is 13.0 Å². The van der Waals surface area contributed by atoms with Gasteiger partial charge in [0.2, 0.25) is 0 Å². The third-order valence-corrected chi connectivity index (χ3v) is 0.431. The van der Waals surface area contributed by atoms with Crippen LogP contribution >= 0.6 is 0 Å². The molecule has 7 heavy (non-hydrogen) atoms. The largest absolute Gasteiger partial charge is 0.384 e. The standard InChI is InChI=1S/C6H8O/c1-2-3-4-5-6-7/h2-3,7H,6H2,1H3. The predicted molar refractivity (Wildman–Crippen MR) is 29.7 cm³/mol. The number of aliphatic hydroxyl groups excluding tert-OH is 1. The summed E-state index contributed by atoms with van der Waals surface area (Å²) in [6.45, 7) is 1.83. The fourth-order valence-electron chi connectivity index (χ4n) is 0.188. The Bertz CT molecular complexity index is 103. The number of aliphatic hydroxyl groups is 1. The van der Waals surface area contributed by atoms with Gasteiger partial charge >= 0.3 is 0 Å². The third kappa shape index (κ3) is 5.26. The first kappa shape index (κ1) is 6.26. The molecule has 0 spiro atoms. The van der Waals surface area contributed by atoms with Crippen LogP contribution in [0.1, 0.15) is 6.92 Å². The summed E-state index contributed by atoms with van der Waals surface area (Å²) in [5.74, 6) is 5.07. The van der Waals surface area contributed by atoms with E-state index in [1.54, 1.807) is 6.08 Å². The van der Waals surface area contributed by atoms with Crippen molar-refractivity contribution < 1.29 is 5.11 Å². The zero-order valence-electron chi connectivity index (χ0n) is 4.31. The highest BCUT2D eigenvalue weighted by molar-refractivity contribution is 5.14. The Morgan fingerprint density at radius 1 is 1.71 bits per heavy atom. The van der Waals surface area contributed by atoms with Crippen LogP contribution in [0.4, 0.5) is 0 Å². The zero-order chi connectivity index (χ0) is 5.54. The number of hydrogen-bond acceptors (Lipinski definition) is 1. The van der Waals surface area contributed by atoms with Gasteiger partial charge in [-0.3, -0.25) is 0 Å². The minimum Gasteiger partial charge on any atom is -0.384 e. The molecule has 1 N–H and O–H groups in total. The molecule has 0 saturated carbocycles. The van der Waals surface area contributed by atoms with Gasteiger partial charge in [0.1, 0.15) is 6.61 Å². The van der Waals surface area contributed by atoms with Gasteiger partial charge < -0.3 is 5.11 Å². The molecule has 0 fully saturated rings. The van der Waals surface area contributed by atoms with E-state index in [0.717, 1.165) is 0 Å². The van der Waals surface area contributed by atoms with Gasteiger partial charge in [0.25, 0.3) is 0 Å². The van der Waals surface area contributed by atoms with Crippen LogP contribution in [0.2, 0.25) is 0 Å². The Morgan fingerprint density at radius 3 is 2.86 bits per heavy atom. The van der Waals surface area contributed by atoms with Gasteiger partial charge in [-0.2, -0.15) is 0 Å². The summed E-state index contributed by atoms with van der Waals surface area (Å²) in [6.07, 6.45) is 3.51. The lowest BCUT2D eigenvalue weighted by atomic mass is 10.5. The van der Waals surface area contributed by atoms with Crippen LogP contribution in [-0.2, 0) is 0 Å². The summed E-state index contributed by atoms with van der Waals surface area (Å²) in [6, 6.07) is 0. The summed E-state index contributed by atoms with van der Waals surface area (Å²) in [5, 5.41) is 8.09. The molecule has 1 nitrogen and oxygen atoms in total. The van der Waals surface area contributed by atoms with Crippen LogP contribution in [0.5, 0.6) is 0 Å². The Balaban J connectivity index is 3.25. The first-order valence-corrected chi connectivity index (χ1v) is 2.12. The molecule has 0 aliphatic carbocycles. The molecule has 0 atom stereocenters. The smallest absolute Gasteiger partial charge is 0.104 e. The topological polar surface area (TPSA) is 20.2 Å². The van der Waals surface area contributed by atoms with E-state index >= 15 is 0 Å². The van der Waals surface area contributed by atoms with Crippen molar-refractivity contribution in [2.45, 2.75) is 6.92 Å². The molecule has 1 heteroatoms. The first-order chi connectivity index (χ1) is 3.41. The van der Waals surface area contributed by atoms with E-state index < -0.39 is 0 Å². The number of rotatable bonds is 0. The lowest BCUT2D eigenvalue weighted by molar-refractivity contribution is 0.350. The zero-order valence-corrected chi connectivity index (χ0v) is 4.31. The highest BCUT2D eigenvalue weighted by Gasteiger charge is 1.54. The molecule has 0 aromatic rings. The molecule has 0 radical (unpaired) electrons.